The number of ether oxygens (including phenoxy) is 1. The van der Waals surface area contributed by atoms with Gasteiger partial charge in [-0.2, -0.15) is 17.9 Å². The molecule has 30 heavy (non-hydrogen) atoms. The van der Waals surface area contributed by atoms with Crippen LogP contribution in [0.3, 0.4) is 0 Å². The lowest BCUT2D eigenvalue weighted by Gasteiger charge is -2.13. The van der Waals surface area contributed by atoms with Crippen molar-refractivity contribution in [2.75, 3.05) is 18.5 Å². The molecule has 0 aromatic heterocycles. The molecule has 0 heterocycles. The fourth-order valence-corrected chi connectivity index (χ4v) is 3.23. The van der Waals surface area contributed by atoms with Crippen LogP contribution in [0.2, 0.25) is 0 Å². The summed E-state index contributed by atoms with van der Waals surface area (Å²) in [6, 6.07) is 9.07. The van der Waals surface area contributed by atoms with Gasteiger partial charge in [0.25, 0.3) is 5.91 Å². The highest BCUT2D eigenvalue weighted by Gasteiger charge is 2.33. The predicted octanol–water partition coefficient (Wildman–Crippen LogP) is 2.41. The number of nitrogens with one attached hydrogen (secondary N) is 2. The van der Waals surface area contributed by atoms with E-state index in [2.05, 4.69) is 10.6 Å². The van der Waals surface area contributed by atoms with E-state index < -0.39 is 45.9 Å². The average molecular weight is 440 g/mol. The topological polar surface area (TPSA) is 102 Å². The van der Waals surface area contributed by atoms with Crippen LogP contribution in [-0.2, 0) is 25.7 Å². The number of amides is 1. The summed E-state index contributed by atoms with van der Waals surface area (Å²) in [5, 5.41) is 2.02. The van der Waals surface area contributed by atoms with Crippen molar-refractivity contribution < 1.29 is 35.9 Å². The zero-order valence-corrected chi connectivity index (χ0v) is 16.0. The normalized spacial score (nSPS) is 11.4. The second-order valence-electron chi connectivity index (χ2n) is 5.72. The number of sulfonamides is 1. The fraction of sp³-hybridized carbons (Fsp3) is 0.158. The molecule has 0 aliphatic heterocycles. The lowest BCUT2D eigenvalue weighted by atomic mass is 10.1. The Labute approximate surface area is 170 Å². The van der Waals surface area contributed by atoms with Gasteiger partial charge in [0.05, 0.1) is 28.3 Å². The molecule has 2 N–H and O–H groups in total. The summed E-state index contributed by atoms with van der Waals surface area (Å²) in [5.74, 6) is 0.0610. The molecule has 0 atom stereocenters. The molecular formula is C19H15F3N2O5S. The minimum atomic E-state index is -4.68. The average Bonchev–Trinajstić information content (AvgIpc) is 2.70. The van der Waals surface area contributed by atoms with Gasteiger partial charge < -0.3 is 10.1 Å². The maximum atomic E-state index is 12.9. The van der Waals surface area contributed by atoms with Gasteiger partial charge in [0.2, 0.25) is 10.0 Å². The number of benzene rings is 2. The molecule has 7 nitrogen and oxygen atoms in total. The van der Waals surface area contributed by atoms with Crippen molar-refractivity contribution in [3.8, 4) is 12.3 Å². The van der Waals surface area contributed by atoms with Crippen LogP contribution >= 0.6 is 0 Å². The fourth-order valence-electron chi connectivity index (χ4n) is 2.25. The van der Waals surface area contributed by atoms with Gasteiger partial charge in [-0.25, -0.2) is 13.2 Å². The first-order valence-electron chi connectivity index (χ1n) is 8.21. The van der Waals surface area contributed by atoms with Gasteiger partial charge in [-0.15, -0.1) is 6.42 Å². The molecular weight excluding hydrogens is 425 g/mol. The largest absolute Gasteiger partial charge is 0.452 e. The number of rotatable bonds is 7. The van der Waals surface area contributed by atoms with E-state index in [0.717, 1.165) is 24.3 Å². The van der Waals surface area contributed by atoms with Crippen LogP contribution in [0.5, 0.6) is 0 Å². The number of terminal acetylenes is 1. The molecule has 1 amide bonds. The highest BCUT2D eigenvalue weighted by atomic mass is 32.2. The second kappa shape index (κ2) is 9.43. The van der Waals surface area contributed by atoms with E-state index in [-0.39, 0.29) is 17.0 Å². The van der Waals surface area contributed by atoms with E-state index in [1.807, 2.05) is 5.32 Å². The molecule has 0 saturated heterocycles. The Kier molecular flexibility index (Phi) is 7.20. The first-order chi connectivity index (χ1) is 14.0. The summed E-state index contributed by atoms with van der Waals surface area (Å²) in [5.41, 5.74) is -1.72. The van der Waals surface area contributed by atoms with Crippen LogP contribution in [0, 0.1) is 12.3 Å². The summed E-state index contributed by atoms with van der Waals surface area (Å²) in [6.07, 6.45) is 0.316. The monoisotopic (exact) mass is 440 g/mol. The van der Waals surface area contributed by atoms with Gasteiger partial charge in [0.1, 0.15) is 0 Å². The van der Waals surface area contributed by atoms with Crippen LogP contribution in [0.15, 0.2) is 53.4 Å². The van der Waals surface area contributed by atoms with Crippen molar-refractivity contribution in [3.05, 3.63) is 59.7 Å². The van der Waals surface area contributed by atoms with Crippen LogP contribution < -0.4 is 10.0 Å². The summed E-state index contributed by atoms with van der Waals surface area (Å²) >= 11 is 0. The predicted molar refractivity (Wildman–Crippen MR) is 101 cm³/mol. The van der Waals surface area contributed by atoms with Crippen LogP contribution in [0.25, 0.3) is 0 Å². The SMILES string of the molecule is C#CCNS(=O)(=O)c1cccc(C(=O)OCC(=O)Nc2ccccc2C(F)(F)F)c1. The number of para-hydroxylation sites is 1. The Morgan fingerprint density at radius 3 is 2.47 bits per heavy atom. The summed E-state index contributed by atoms with van der Waals surface area (Å²) in [6.45, 7) is -1.13. The summed E-state index contributed by atoms with van der Waals surface area (Å²) in [4.78, 5) is 23.7. The van der Waals surface area contributed by atoms with Crippen LogP contribution in [0.4, 0.5) is 18.9 Å². The Morgan fingerprint density at radius 1 is 1.10 bits per heavy atom. The second-order valence-corrected chi connectivity index (χ2v) is 7.49. The van der Waals surface area contributed by atoms with Gasteiger partial charge in [0, 0.05) is 0 Å². The smallest absolute Gasteiger partial charge is 0.418 e. The van der Waals surface area contributed by atoms with Crippen molar-refractivity contribution in [1.82, 2.24) is 4.72 Å². The molecule has 0 aliphatic carbocycles. The Morgan fingerprint density at radius 2 is 1.80 bits per heavy atom. The molecule has 2 aromatic carbocycles. The molecule has 0 bridgehead atoms. The Hall–Kier alpha value is -3.36. The van der Waals surface area contributed by atoms with E-state index in [4.69, 9.17) is 11.2 Å². The third-order valence-corrected chi connectivity index (χ3v) is 4.98. The minimum Gasteiger partial charge on any atom is -0.452 e. The van der Waals surface area contributed by atoms with Gasteiger partial charge in [-0.05, 0) is 30.3 Å². The number of alkyl halides is 3. The van der Waals surface area contributed by atoms with Crippen LogP contribution in [-0.4, -0.2) is 33.4 Å². The molecule has 2 rings (SSSR count). The quantitative estimate of drug-likeness (QED) is 0.509. The van der Waals surface area contributed by atoms with Gasteiger partial charge in [0.15, 0.2) is 6.61 Å². The van der Waals surface area contributed by atoms with Crippen molar-refractivity contribution in [1.29, 1.82) is 0 Å². The van der Waals surface area contributed by atoms with Crippen molar-refractivity contribution in [3.63, 3.8) is 0 Å². The lowest BCUT2D eigenvalue weighted by Crippen LogP contribution is -2.24. The molecule has 0 saturated carbocycles. The number of anilines is 1. The zero-order chi connectivity index (χ0) is 22.4. The third kappa shape index (κ3) is 6.07. The highest BCUT2D eigenvalue weighted by Crippen LogP contribution is 2.34. The number of halogens is 3. The first-order valence-corrected chi connectivity index (χ1v) is 9.69. The molecule has 0 spiro atoms. The Bertz CT molecular complexity index is 1090. The molecule has 0 fully saturated rings. The molecule has 2 aromatic rings. The number of carbonyl (C=O) groups excluding carboxylic acids is 2. The number of esters is 1. The Balaban J connectivity index is 2.04. The maximum Gasteiger partial charge on any atom is 0.418 e. The lowest BCUT2D eigenvalue weighted by molar-refractivity contribution is -0.137. The van der Waals surface area contributed by atoms with E-state index in [1.165, 1.54) is 24.3 Å². The zero-order valence-electron chi connectivity index (χ0n) is 15.2. The van der Waals surface area contributed by atoms with E-state index >= 15 is 0 Å². The van der Waals surface area contributed by atoms with E-state index in [0.29, 0.717) is 0 Å². The molecule has 0 radical (unpaired) electrons. The molecule has 0 unspecified atom stereocenters. The molecule has 11 heteroatoms. The minimum absolute atomic E-state index is 0.179. The van der Waals surface area contributed by atoms with Crippen molar-refractivity contribution in [2.24, 2.45) is 0 Å². The summed E-state index contributed by atoms with van der Waals surface area (Å²) in [7, 11) is -3.96. The first kappa shape index (κ1) is 22.9. The number of hydrogen-bond donors (Lipinski definition) is 2. The summed E-state index contributed by atoms with van der Waals surface area (Å²) < 4.78 is 69.8. The molecule has 0 aliphatic rings. The standard InChI is InChI=1S/C19H15F3N2O5S/c1-2-10-23-30(27,28)14-7-5-6-13(11-14)18(26)29-12-17(25)24-16-9-4-3-8-15(16)19(20,21)22/h1,3-9,11,23H,10,12H2,(H,24,25). The number of carbonyl (C=O) groups is 2. The maximum absolute atomic E-state index is 12.9. The van der Waals surface area contributed by atoms with E-state index in [9.17, 15) is 31.2 Å². The van der Waals surface area contributed by atoms with Gasteiger partial charge in [-0.3, -0.25) is 4.79 Å². The third-order valence-electron chi connectivity index (χ3n) is 3.59. The van der Waals surface area contributed by atoms with Gasteiger partial charge >= 0.3 is 12.1 Å². The van der Waals surface area contributed by atoms with Crippen molar-refractivity contribution in [2.45, 2.75) is 11.1 Å². The number of hydrogen-bond acceptors (Lipinski definition) is 5. The van der Waals surface area contributed by atoms with Crippen molar-refractivity contribution >= 4 is 27.6 Å². The van der Waals surface area contributed by atoms with Crippen LogP contribution in [0.1, 0.15) is 15.9 Å². The molecule has 158 valence electrons. The highest BCUT2D eigenvalue weighted by molar-refractivity contribution is 7.89. The van der Waals surface area contributed by atoms with E-state index in [1.54, 1.807) is 0 Å². The van der Waals surface area contributed by atoms with Gasteiger partial charge in [-0.1, -0.05) is 24.1 Å².